The number of H-pyrrole nitrogens is 1. The Morgan fingerprint density at radius 2 is 1.84 bits per heavy atom. The number of amides is 1. The monoisotopic (exact) mass is 418 g/mol. The van der Waals surface area contributed by atoms with Crippen LogP contribution in [0.2, 0.25) is 0 Å². The van der Waals surface area contributed by atoms with Crippen molar-refractivity contribution >= 4 is 22.6 Å². The lowest BCUT2D eigenvalue weighted by molar-refractivity contribution is -0.129. The van der Waals surface area contributed by atoms with E-state index in [9.17, 15) is 19.8 Å². The lowest BCUT2D eigenvalue weighted by Gasteiger charge is -2.29. The number of nitrogens with zero attached hydrogens (tertiary/aromatic N) is 1. The van der Waals surface area contributed by atoms with E-state index in [0.717, 1.165) is 16.5 Å². The van der Waals surface area contributed by atoms with Crippen molar-refractivity contribution in [1.82, 2.24) is 9.88 Å². The normalized spacial score (nSPS) is 17.1. The van der Waals surface area contributed by atoms with Crippen LogP contribution in [0.5, 0.6) is 5.75 Å². The Kier molecular flexibility index (Phi) is 5.09. The smallest absolute Gasteiger partial charge is 0.290 e. The van der Waals surface area contributed by atoms with Crippen LogP contribution in [-0.2, 0) is 16.0 Å². The fourth-order valence-corrected chi connectivity index (χ4v) is 4.14. The number of phenols is 1. The van der Waals surface area contributed by atoms with E-state index in [1.807, 2.05) is 30.5 Å². The molecule has 2 heterocycles. The number of hydrogen-bond acceptors (Lipinski definition) is 4. The number of carbonyl (C=O) groups excluding carboxylic acids is 2. The van der Waals surface area contributed by atoms with E-state index in [4.69, 9.17) is 0 Å². The zero-order chi connectivity index (χ0) is 22.3. The van der Waals surface area contributed by atoms with E-state index in [0.29, 0.717) is 18.5 Å². The van der Waals surface area contributed by atoms with Crippen molar-refractivity contribution < 1.29 is 19.8 Å². The molecular formula is C25H26N2O4. The van der Waals surface area contributed by atoms with Crippen LogP contribution in [-0.4, -0.2) is 38.3 Å². The highest BCUT2D eigenvalue weighted by Crippen LogP contribution is 2.41. The van der Waals surface area contributed by atoms with Crippen molar-refractivity contribution in [3.63, 3.8) is 0 Å². The van der Waals surface area contributed by atoms with Crippen molar-refractivity contribution in [3.8, 4) is 5.75 Å². The van der Waals surface area contributed by atoms with Crippen LogP contribution in [0.4, 0.5) is 0 Å². The highest BCUT2D eigenvalue weighted by atomic mass is 16.3. The van der Waals surface area contributed by atoms with Crippen molar-refractivity contribution in [1.29, 1.82) is 0 Å². The molecule has 6 heteroatoms. The molecule has 0 fully saturated rings. The molecule has 3 N–H and O–H groups in total. The maximum Gasteiger partial charge on any atom is 0.290 e. The Labute approximate surface area is 180 Å². The number of rotatable bonds is 5. The largest absolute Gasteiger partial charge is 0.508 e. The molecule has 2 aromatic carbocycles. The van der Waals surface area contributed by atoms with Gasteiger partial charge in [-0.3, -0.25) is 9.59 Å². The number of nitrogens with one attached hydrogen (secondary N) is 1. The first-order valence-corrected chi connectivity index (χ1v) is 10.3. The van der Waals surface area contributed by atoms with Gasteiger partial charge >= 0.3 is 0 Å². The van der Waals surface area contributed by atoms with E-state index in [1.54, 1.807) is 32.9 Å². The first-order valence-electron chi connectivity index (χ1n) is 10.3. The third-order valence-electron chi connectivity index (χ3n) is 5.71. The van der Waals surface area contributed by atoms with Gasteiger partial charge in [-0.1, -0.05) is 51.1 Å². The summed E-state index contributed by atoms with van der Waals surface area (Å²) in [6.07, 6.45) is 2.47. The topological polar surface area (TPSA) is 93.6 Å². The lowest BCUT2D eigenvalue weighted by Crippen LogP contribution is -2.34. The van der Waals surface area contributed by atoms with Gasteiger partial charge in [0, 0.05) is 29.1 Å². The molecule has 6 nitrogen and oxygen atoms in total. The molecule has 0 radical (unpaired) electrons. The molecule has 1 aliphatic rings. The molecular weight excluding hydrogens is 392 g/mol. The minimum atomic E-state index is -0.772. The van der Waals surface area contributed by atoms with Crippen LogP contribution in [0.3, 0.4) is 0 Å². The summed E-state index contributed by atoms with van der Waals surface area (Å²) in [5, 5.41) is 21.8. The number of aromatic amines is 1. The van der Waals surface area contributed by atoms with Gasteiger partial charge in [-0.2, -0.15) is 0 Å². The van der Waals surface area contributed by atoms with Gasteiger partial charge < -0.3 is 20.1 Å². The van der Waals surface area contributed by atoms with Crippen LogP contribution >= 0.6 is 0 Å². The Morgan fingerprint density at radius 3 is 2.55 bits per heavy atom. The van der Waals surface area contributed by atoms with Crippen LogP contribution in [0.15, 0.2) is 66.1 Å². The van der Waals surface area contributed by atoms with Crippen LogP contribution < -0.4 is 0 Å². The van der Waals surface area contributed by atoms with Gasteiger partial charge in [0.15, 0.2) is 11.5 Å². The predicted octanol–water partition coefficient (Wildman–Crippen LogP) is 4.43. The summed E-state index contributed by atoms with van der Waals surface area (Å²) in [6, 6.07) is 13.7. The Hall–Kier alpha value is -3.54. The van der Waals surface area contributed by atoms with Crippen molar-refractivity contribution in [2.45, 2.75) is 33.2 Å². The summed E-state index contributed by atoms with van der Waals surface area (Å²) in [6.45, 7) is 5.59. The van der Waals surface area contributed by atoms with Gasteiger partial charge in [0.2, 0.25) is 0 Å². The van der Waals surface area contributed by atoms with Crippen molar-refractivity contribution in [2.24, 2.45) is 5.41 Å². The summed E-state index contributed by atoms with van der Waals surface area (Å²) in [7, 11) is 0. The maximum absolute atomic E-state index is 13.2. The maximum atomic E-state index is 13.2. The van der Waals surface area contributed by atoms with Crippen molar-refractivity contribution in [3.05, 3.63) is 77.2 Å². The number of hydrogen-bond donors (Lipinski definition) is 3. The molecule has 4 rings (SSSR count). The van der Waals surface area contributed by atoms with E-state index in [-0.39, 0.29) is 17.1 Å². The zero-order valence-electron chi connectivity index (χ0n) is 17.8. The van der Waals surface area contributed by atoms with Crippen LogP contribution in [0.1, 0.15) is 37.9 Å². The van der Waals surface area contributed by atoms with Crippen LogP contribution in [0.25, 0.3) is 10.9 Å². The number of aromatic hydroxyl groups is 1. The second kappa shape index (κ2) is 7.61. The predicted molar refractivity (Wildman–Crippen MR) is 119 cm³/mol. The Morgan fingerprint density at radius 1 is 1.10 bits per heavy atom. The van der Waals surface area contributed by atoms with Gasteiger partial charge in [0.25, 0.3) is 5.91 Å². The van der Waals surface area contributed by atoms with E-state index in [1.165, 1.54) is 17.0 Å². The number of fused-ring (bicyclic) bond motifs is 1. The molecule has 0 bridgehead atoms. The summed E-state index contributed by atoms with van der Waals surface area (Å²) in [4.78, 5) is 31.0. The standard InChI is InChI=1S/C25H26N2O4/c1-25(2,3)23(30)20-21(15-7-6-8-17(28)13-15)27(24(31)22(20)29)12-11-16-14-26-19-10-5-4-9-18(16)19/h4-10,13-14,21,26,28-29H,11-12H2,1-3H3. The summed E-state index contributed by atoms with van der Waals surface area (Å²) in [5.41, 5.74) is 1.96. The molecule has 0 saturated carbocycles. The zero-order valence-corrected chi connectivity index (χ0v) is 17.8. The third-order valence-corrected chi connectivity index (χ3v) is 5.71. The number of carbonyl (C=O) groups is 2. The minimum Gasteiger partial charge on any atom is -0.508 e. The number of para-hydroxylation sites is 1. The molecule has 1 amide bonds. The van der Waals surface area contributed by atoms with Gasteiger partial charge in [-0.05, 0) is 35.7 Å². The first-order chi connectivity index (χ1) is 14.7. The van der Waals surface area contributed by atoms with Gasteiger partial charge in [0.1, 0.15) is 5.75 Å². The fraction of sp³-hybridized carbons (Fsp3) is 0.280. The average molecular weight is 418 g/mol. The second-order valence-electron chi connectivity index (χ2n) is 8.95. The van der Waals surface area contributed by atoms with Crippen LogP contribution in [0, 0.1) is 5.41 Å². The second-order valence-corrected chi connectivity index (χ2v) is 8.95. The number of ketones is 1. The number of aliphatic hydroxyl groups is 1. The summed E-state index contributed by atoms with van der Waals surface area (Å²) in [5.74, 6) is -1.33. The van der Waals surface area contributed by atoms with Gasteiger partial charge in [-0.25, -0.2) is 0 Å². The number of phenolic OH excluding ortho intramolecular Hbond substituents is 1. The van der Waals surface area contributed by atoms with Crippen molar-refractivity contribution in [2.75, 3.05) is 6.54 Å². The molecule has 1 atom stereocenters. The molecule has 0 aliphatic carbocycles. The highest BCUT2D eigenvalue weighted by molar-refractivity contribution is 6.10. The molecule has 0 spiro atoms. The Bertz CT molecular complexity index is 1200. The molecule has 1 aromatic heterocycles. The molecule has 1 aliphatic heterocycles. The lowest BCUT2D eigenvalue weighted by atomic mass is 9.82. The molecule has 1 unspecified atom stereocenters. The first kappa shape index (κ1) is 20.7. The number of aromatic nitrogens is 1. The summed E-state index contributed by atoms with van der Waals surface area (Å²) < 4.78 is 0. The molecule has 160 valence electrons. The highest BCUT2D eigenvalue weighted by Gasteiger charge is 2.45. The van der Waals surface area contributed by atoms with Gasteiger partial charge in [0.05, 0.1) is 11.6 Å². The molecule has 3 aromatic rings. The molecule has 0 saturated heterocycles. The SMILES string of the molecule is CC(C)(C)C(=O)C1=C(O)C(=O)N(CCc2c[nH]c3ccccc23)C1c1cccc(O)c1. The van der Waals surface area contributed by atoms with E-state index < -0.39 is 23.1 Å². The minimum absolute atomic E-state index is 0.0375. The van der Waals surface area contributed by atoms with E-state index in [2.05, 4.69) is 4.98 Å². The molecule has 31 heavy (non-hydrogen) atoms. The quantitative estimate of drug-likeness (QED) is 0.571. The fourth-order valence-electron chi connectivity index (χ4n) is 4.14. The Balaban J connectivity index is 1.72. The number of Topliss-reactive ketones (excluding diaryl/α,β-unsaturated/α-hetero) is 1. The number of benzene rings is 2. The van der Waals surface area contributed by atoms with E-state index >= 15 is 0 Å². The number of aliphatic hydroxyl groups excluding tert-OH is 1. The van der Waals surface area contributed by atoms with Gasteiger partial charge in [-0.15, -0.1) is 0 Å². The third kappa shape index (κ3) is 3.69. The summed E-state index contributed by atoms with van der Waals surface area (Å²) >= 11 is 0. The average Bonchev–Trinajstić information content (AvgIpc) is 3.24.